The van der Waals surface area contributed by atoms with E-state index in [1.54, 1.807) is 0 Å². The molecule has 0 aliphatic carbocycles. The lowest BCUT2D eigenvalue weighted by atomic mass is 10.2. The fourth-order valence-electron chi connectivity index (χ4n) is 1.42. The molecule has 0 bridgehead atoms. The van der Waals surface area contributed by atoms with Gasteiger partial charge in [0.1, 0.15) is 11.2 Å². The molecule has 2 aromatic rings. The van der Waals surface area contributed by atoms with E-state index in [2.05, 4.69) is 30.6 Å². The first kappa shape index (κ1) is 13.5. The van der Waals surface area contributed by atoms with Gasteiger partial charge in [0.2, 0.25) is 11.6 Å². The third kappa shape index (κ3) is 3.51. The number of aromatic nitrogens is 2. The second-order valence-electron chi connectivity index (χ2n) is 3.61. The fourth-order valence-corrected chi connectivity index (χ4v) is 1.70. The molecular weight excluding hydrogens is 312 g/mol. The molecule has 0 radical (unpaired) electrons. The molecule has 0 aliphatic heterocycles. The van der Waals surface area contributed by atoms with Crippen molar-refractivity contribution in [2.24, 2.45) is 0 Å². The molecule has 0 saturated heterocycles. The van der Waals surface area contributed by atoms with Gasteiger partial charge in [-0.25, -0.2) is 14.8 Å². The topological polar surface area (TPSA) is 61.3 Å². The Morgan fingerprint density at radius 1 is 1.32 bits per heavy atom. The van der Waals surface area contributed by atoms with Crippen LogP contribution in [0.5, 0.6) is 5.88 Å². The second kappa shape index (κ2) is 6.29. The molecule has 1 aromatic heterocycles. The highest BCUT2D eigenvalue weighted by molar-refractivity contribution is 9.10. The molecule has 0 atom stereocenters. The van der Waals surface area contributed by atoms with Gasteiger partial charge in [0, 0.05) is 0 Å². The van der Waals surface area contributed by atoms with Gasteiger partial charge < -0.3 is 9.47 Å². The molecule has 1 aromatic carbocycles. The van der Waals surface area contributed by atoms with Crippen molar-refractivity contribution in [2.45, 2.75) is 6.61 Å². The summed E-state index contributed by atoms with van der Waals surface area (Å²) in [4.78, 5) is 19.6. The van der Waals surface area contributed by atoms with Gasteiger partial charge in [-0.1, -0.05) is 30.3 Å². The zero-order valence-corrected chi connectivity index (χ0v) is 11.8. The summed E-state index contributed by atoms with van der Waals surface area (Å²) in [5, 5.41) is 0. The average molecular weight is 323 g/mol. The molecular formula is C13H11BrN2O3. The van der Waals surface area contributed by atoms with E-state index >= 15 is 0 Å². The van der Waals surface area contributed by atoms with E-state index in [0.717, 1.165) is 5.56 Å². The van der Waals surface area contributed by atoms with Crippen molar-refractivity contribution in [1.82, 2.24) is 9.97 Å². The van der Waals surface area contributed by atoms with Crippen LogP contribution in [0.3, 0.4) is 0 Å². The van der Waals surface area contributed by atoms with Gasteiger partial charge in [0.15, 0.2) is 0 Å². The Morgan fingerprint density at radius 3 is 2.74 bits per heavy atom. The zero-order valence-electron chi connectivity index (χ0n) is 10.2. The molecule has 98 valence electrons. The number of carbonyl (C=O) groups is 1. The molecule has 0 amide bonds. The van der Waals surface area contributed by atoms with Crippen molar-refractivity contribution >= 4 is 21.9 Å². The van der Waals surface area contributed by atoms with E-state index in [0.29, 0.717) is 11.2 Å². The summed E-state index contributed by atoms with van der Waals surface area (Å²) >= 11 is 3.15. The molecule has 6 heteroatoms. The van der Waals surface area contributed by atoms with Gasteiger partial charge in [-0.15, -0.1) is 0 Å². The number of nitrogens with zero attached hydrogens (tertiary/aromatic N) is 2. The minimum Gasteiger partial charge on any atom is -0.471 e. The first-order valence-electron chi connectivity index (χ1n) is 5.48. The first-order chi connectivity index (χ1) is 9.20. The molecule has 0 N–H and O–H groups in total. The summed E-state index contributed by atoms with van der Waals surface area (Å²) in [5.74, 6) is -0.434. The number of halogens is 1. The summed E-state index contributed by atoms with van der Waals surface area (Å²) in [6.07, 6.45) is 1.47. The van der Waals surface area contributed by atoms with Gasteiger partial charge in [0.25, 0.3) is 0 Å². The lowest BCUT2D eigenvalue weighted by Crippen LogP contribution is -2.10. The highest BCUT2D eigenvalue weighted by atomic mass is 79.9. The number of esters is 1. The zero-order chi connectivity index (χ0) is 13.7. The first-order valence-corrected chi connectivity index (χ1v) is 6.27. The summed E-state index contributed by atoms with van der Waals surface area (Å²) in [6, 6.07) is 9.58. The van der Waals surface area contributed by atoms with E-state index in [-0.39, 0.29) is 11.6 Å². The molecule has 1 heterocycles. The van der Waals surface area contributed by atoms with Crippen LogP contribution < -0.4 is 4.74 Å². The Bertz CT molecular complexity index is 575. The van der Waals surface area contributed by atoms with Crippen LogP contribution in [0, 0.1) is 0 Å². The predicted molar refractivity (Wildman–Crippen MR) is 71.8 cm³/mol. The fraction of sp³-hybridized carbons (Fsp3) is 0.154. The largest absolute Gasteiger partial charge is 0.471 e. The van der Waals surface area contributed by atoms with Crippen LogP contribution in [0.4, 0.5) is 0 Å². The number of hydrogen-bond acceptors (Lipinski definition) is 5. The van der Waals surface area contributed by atoms with Crippen LogP contribution in [-0.4, -0.2) is 23.0 Å². The van der Waals surface area contributed by atoms with Crippen LogP contribution in [0.2, 0.25) is 0 Å². The van der Waals surface area contributed by atoms with Crippen molar-refractivity contribution in [3.05, 3.63) is 52.4 Å². The van der Waals surface area contributed by atoms with Gasteiger partial charge in [-0.05, 0) is 21.5 Å². The quantitative estimate of drug-likeness (QED) is 0.810. The van der Waals surface area contributed by atoms with E-state index in [1.165, 1.54) is 13.3 Å². The number of hydrogen-bond donors (Lipinski definition) is 0. The number of carbonyl (C=O) groups excluding carboxylic acids is 1. The minimum atomic E-state index is -0.586. The van der Waals surface area contributed by atoms with Gasteiger partial charge in [0.05, 0.1) is 13.3 Å². The van der Waals surface area contributed by atoms with Crippen LogP contribution in [0.15, 0.2) is 41.1 Å². The van der Waals surface area contributed by atoms with Crippen molar-refractivity contribution in [3.8, 4) is 5.88 Å². The second-order valence-corrected chi connectivity index (χ2v) is 4.42. The SMILES string of the molecule is COC(=O)c1nc(Br)cnc1OCc1ccccc1. The molecule has 0 saturated carbocycles. The van der Waals surface area contributed by atoms with Crippen molar-refractivity contribution in [1.29, 1.82) is 0 Å². The van der Waals surface area contributed by atoms with Gasteiger partial charge in [-0.2, -0.15) is 0 Å². The summed E-state index contributed by atoms with van der Waals surface area (Å²) in [7, 11) is 1.28. The number of rotatable bonds is 4. The van der Waals surface area contributed by atoms with Crippen LogP contribution in [0.1, 0.15) is 16.1 Å². The van der Waals surface area contributed by atoms with Crippen molar-refractivity contribution < 1.29 is 14.3 Å². The molecule has 0 spiro atoms. The molecule has 0 aliphatic rings. The minimum absolute atomic E-state index is 0.0489. The Balaban J connectivity index is 2.18. The standard InChI is InChI=1S/C13H11BrN2O3/c1-18-13(17)11-12(15-7-10(14)16-11)19-8-9-5-3-2-4-6-9/h2-7H,8H2,1H3. The molecule has 0 unspecified atom stereocenters. The van der Waals surface area contributed by atoms with E-state index in [9.17, 15) is 4.79 Å². The monoisotopic (exact) mass is 322 g/mol. The predicted octanol–water partition coefficient (Wildman–Crippen LogP) is 2.60. The van der Waals surface area contributed by atoms with E-state index in [1.807, 2.05) is 30.3 Å². The molecule has 2 rings (SSSR count). The number of methoxy groups -OCH3 is 1. The summed E-state index contributed by atoms with van der Waals surface area (Å²) in [6.45, 7) is 0.307. The van der Waals surface area contributed by atoms with Crippen molar-refractivity contribution in [2.75, 3.05) is 7.11 Å². The van der Waals surface area contributed by atoms with Crippen molar-refractivity contribution in [3.63, 3.8) is 0 Å². The smallest absolute Gasteiger partial charge is 0.362 e. The Hall–Kier alpha value is -1.95. The summed E-state index contributed by atoms with van der Waals surface area (Å²) < 4.78 is 10.6. The van der Waals surface area contributed by atoms with E-state index < -0.39 is 5.97 Å². The summed E-state index contributed by atoms with van der Waals surface area (Å²) in [5.41, 5.74) is 1.02. The lowest BCUT2D eigenvalue weighted by Gasteiger charge is -2.08. The Morgan fingerprint density at radius 2 is 2.05 bits per heavy atom. The Kier molecular flexibility index (Phi) is 4.46. The third-order valence-corrected chi connectivity index (χ3v) is 2.69. The Labute approximate surface area is 118 Å². The lowest BCUT2D eigenvalue weighted by molar-refractivity contribution is 0.0586. The molecule has 0 fully saturated rings. The maximum absolute atomic E-state index is 11.6. The van der Waals surface area contributed by atoms with Crippen LogP contribution in [-0.2, 0) is 11.3 Å². The maximum Gasteiger partial charge on any atom is 0.362 e. The number of benzene rings is 1. The average Bonchev–Trinajstić information content (AvgIpc) is 2.46. The molecule has 5 nitrogen and oxygen atoms in total. The van der Waals surface area contributed by atoms with Crippen LogP contribution >= 0.6 is 15.9 Å². The maximum atomic E-state index is 11.6. The van der Waals surface area contributed by atoms with Gasteiger partial charge >= 0.3 is 5.97 Å². The normalized spacial score (nSPS) is 10.0. The van der Waals surface area contributed by atoms with E-state index in [4.69, 9.17) is 4.74 Å². The third-order valence-electron chi connectivity index (χ3n) is 2.31. The number of ether oxygens (including phenoxy) is 2. The van der Waals surface area contributed by atoms with Crippen LogP contribution in [0.25, 0.3) is 0 Å². The van der Waals surface area contributed by atoms with Gasteiger partial charge in [-0.3, -0.25) is 0 Å². The highest BCUT2D eigenvalue weighted by Crippen LogP contribution is 2.18. The highest BCUT2D eigenvalue weighted by Gasteiger charge is 2.17. The molecule has 19 heavy (non-hydrogen) atoms.